The van der Waals surface area contributed by atoms with Crippen molar-refractivity contribution in [2.75, 3.05) is 13.2 Å². The maximum Gasteiger partial charge on any atom is 0.272 e. The van der Waals surface area contributed by atoms with Gasteiger partial charge in [0.1, 0.15) is 0 Å². The largest absolute Gasteiger partial charge is 0.379 e. The van der Waals surface area contributed by atoms with Crippen LogP contribution in [-0.2, 0) is 4.74 Å². The molecule has 1 aliphatic heterocycles. The fraction of sp³-hybridized carbons (Fsp3) is 0.375. The Kier molecular flexibility index (Phi) is 3.75. The summed E-state index contributed by atoms with van der Waals surface area (Å²) in [6, 6.07) is 11.5. The highest BCUT2D eigenvalue weighted by atomic mass is 16.5. The molecule has 2 aromatic rings. The number of carbonyl (C=O) groups excluding carboxylic acids is 1. The number of amides is 1. The number of benzene rings is 1. The number of nitrogens with zero attached hydrogens (tertiary/aromatic N) is 2. The Labute approximate surface area is 123 Å². The van der Waals surface area contributed by atoms with E-state index < -0.39 is 0 Å². The van der Waals surface area contributed by atoms with E-state index in [2.05, 4.69) is 10.4 Å². The number of aromatic nitrogens is 2. The van der Waals surface area contributed by atoms with Crippen molar-refractivity contribution in [2.45, 2.75) is 25.3 Å². The Bertz CT molecular complexity index is 615. The third kappa shape index (κ3) is 3.13. The molecule has 0 spiro atoms. The van der Waals surface area contributed by atoms with Gasteiger partial charge in [-0.3, -0.25) is 4.79 Å². The summed E-state index contributed by atoms with van der Waals surface area (Å²) in [6.07, 6.45) is 3.69. The molecule has 1 aromatic heterocycles. The molecule has 21 heavy (non-hydrogen) atoms. The Morgan fingerprint density at radius 3 is 2.86 bits per heavy atom. The molecule has 1 aliphatic rings. The topological polar surface area (TPSA) is 56.2 Å². The third-order valence-corrected chi connectivity index (χ3v) is 3.70. The summed E-state index contributed by atoms with van der Waals surface area (Å²) >= 11 is 0. The summed E-state index contributed by atoms with van der Waals surface area (Å²) in [5.74, 6) is -0.155. The van der Waals surface area contributed by atoms with Crippen molar-refractivity contribution in [2.24, 2.45) is 0 Å². The lowest BCUT2D eigenvalue weighted by molar-refractivity contribution is 0.0271. The average molecular weight is 285 g/mol. The fourth-order valence-electron chi connectivity index (χ4n) is 2.54. The molecule has 1 aromatic carbocycles. The highest BCUT2D eigenvalue weighted by Gasteiger charge is 2.30. The van der Waals surface area contributed by atoms with Gasteiger partial charge in [0.2, 0.25) is 0 Å². The predicted molar refractivity (Wildman–Crippen MR) is 79.5 cm³/mol. The number of rotatable bonds is 3. The number of para-hydroxylation sites is 1. The van der Waals surface area contributed by atoms with E-state index in [-0.39, 0.29) is 11.4 Å². The first kappa shape index (κ1) is 13.8. The zero-order chi connectivity index (χ0) is 14.7. The first-order valence-electron chi connectivity index (χ1n) is 7.18. The van der Waals surface area contributed by atoms with Gasteiger partial charge in [0.05, 0.1) is 17.8 Å². The zero-order valence-electron chi connectivity index (χ0n) is 12.1. The van der Waals surface area contributed by atoms with Crippen LogP contribution in [0, 0.1) is 0 Å². The van der Waals surface area contributed by atoms with Crippen LogP contribution in [0.5, 0.6) is 0 Å². The average Bonchev–Trinajstić information content (AvgIpc) is 2.98. The van der Waals surface area contributed by atoms with Crippen LogP contribution in [0.2, 0.25) is 0 Å². The molecule has 5 heteroatoms. The van der Waals surface area contributed by atoms with Gasteiger partial charge >= 0.3 is 0 Å². The molecule has 1 N–H and O–H groups in total. The molecular formula is C16H19N3O2. The van der Waals surface area contributed by atoms with Crippen LogP contribution in [0.1, 0.15) is 30.3 Å². The monoisotopic (exact) mass is 285 g/mol. The molecule has 0 radical (unpaired) electrons. The van der Waals surface area contributed by atoms with Gasteiger partial charge in [-0.2, -0.15) is 5.10 Å². The van der Waals surface area contributed by atoms with Crippen LogP contribution >= 0.6 is 0 Å². The zero-order valence-corrected chi connectivity index (χ0v) is 12.1. The Hall–Kier alpha value is -2.14. The van der Waals surface area contributed by atoms with Crippen molar-refractivity contribution in [3.05, 3.63) is 48.3 Å². The van der Waals surface area contributed by atoms with Gasteiger partial charge in [-0.25, -0.2) is 4.68 Å². The standard InChI is InChI=1S/C16H19N3O2/c1-16(9-5-11-21-12-16)17-15(20)14-8-10-19(18-14)13-6-3-2-4-7-13/h2-4,6-8,10H,5,9,11-12H2,1H3,(H,17,20)/t16-/m1/s1. The van der Waals surface area contributed by atoms with Gasteiger partial charge in [-0.15, -0.1) is 0 Å². The van der Waals surface area contributed by atoms with Crippen LogP contribution in [0.3, 0.4) is 0 Å². The molecular weight excluding hydrogens is 266 g/mol. The Balaban J connectivity index is 1.72. The molecule has 2 heterocycles. The Morgan fingerprint density at radius 1 is 1.33 bits per heavy atom. The molecule has 5 nitrogen and oxygen atoms in total. The molecule has 0 saturated carbocycles. The van der Waals surface area contributed by atoms with Crippen LogP contribution in [0.4, 0.5) is 0 Å². The SMILES string of the molecule is C[C@@]1(NC(=O)c2ccn(-c3ccccc3)n2)CCCOC1. The van der Waals surface area contributed by atoms with E-state index in [1.807, 2.05) is 37.3 Å². The highest BCUT2D eigenvalue weighted by molar-refractivity contribution is 5.92. The molecule has 1 saturated heterocycles. The number of ether oxygens (including phenoxy) is 1. The van der Waals surface area contributed by atoms with Crippen molar-refractivity contribution in [3.63, 3.8) is 0 Å². The quantitative estimate of drug-likeness (QED) is 0.940. The minimum Gasteiger partial charge on any atom is -0.379 e. The highest BCUT2D eigenvalue weighted by Crippen LogP contribution is 2.19. The fourth-order valence-corrected chi connectivity index (χ4v) is 2.54. The smallest absolute Gasteiger partial charge is 0.272 e. The van der Waals surface area contributed by atoms with Crippen molar-refractivity contribution >= 4 is 5.91 Å². The van der Waals surface area contributed by atoms with Crippen LogP contribution in [-0.4, -0.2) is 34.4 Å². The van der Waals surface area contributed by atoms with Gasteiger partial charge in [0.25, 0.3) is 5.91 Å². The van der Waals surface area contributed by atoms with Gasteiger partial charge in [-0.05, 0) is 38.0 Å². The number of carbonyl (C=O) groups is 1. The summed E-state index contributed by atoms with van der Waals surface area (Å²) in [6.45, 7) is 3.34. The van der Waals surface area contributed by atoms with Crippen LogP contribution in [0.15, 0.2) is 42.6 Å². The van der Waals surface area contributed by atoms with Crippen LogP contribution < -0.4 is 5.32 Å². The maximum atomic E-state index is 12.3. The van der Waals surface area contributed by atoms with Crippen LogP contribution in [0.25, 0.3) is 5.69 Å². The molecule has 3 rings (SSSR count). The van der Waals surface area contributed by atoms with E-state index in [4.69, 9.17) is 4.74 Å². The molecule has 0 aliphatic carbocycles. The molecule has 0 bridgehead atoms. The summed E-state index contributed by atoms with van der Waals surface area (Å²) in [4.78, 5) is 12.3. The Morgan fingerprint density at radius 2 is 2.14 bits per heavy atom. The lowest BCUT2D eigenvalue weighted by Gasteiger charge is -2.33. The second kappa shape index (κ2) is 5.69. The number of hydrogen-bond donors (Lipinski definition) is 1. The van der Waals surface area contributed by atoms with Crippen molar-refractivity contribution in [1.29, 1.82) is 0 Å². The van der Waals surface area contributed by atoms with E-state index in [1.54, 1.807) is 16.9 Å². The van der Waals surface area contributed by atoms with E-state index in [1.165, 1.54) is 0 Å². The van der Waals surface area contributed by atoms with E-state index in [0.717, 1.165) is 25.1 Å². The molecule has 1 fully saturated rings. The van der Waals surface area contributed by atoms with Gasteiger partial charge < -0.3 is 10.1 Å². The van der Waals surface area contributed by atoms with Gasteiger partial charge in [-0.1, -0.05) is 18.2 Å². The second-order valence-corrected chi connectivity index (χ2v) is 5.65. The van der Waals surface area contributed by atoms with Crippen molar-refractivity contribution < 1.29 is 9.53 Å². The third-order valence-electron chi connectivity index (χ3n) is 3.70. The lowest BCUT2D eigenvalue weighted by Crippen LogP contribution is -2.51. The molecule has 1 atom stereocenters. The summed E-state index contributed by atoms with van der Waals surface area (Å²) in [7, 11) is 0. The second-order valence-electron chi connectivity index (χ2n) is 5.65. The first-order valence-corrected chi connectivity index (χ1v) is 7.18. The maximum absolute atomic E-state index is 12.3. The summed E-state index contributed by atoms with van der Waals surface area (Å²) < 4.78 is 7.16. The predicted octanol–water partition coefficient (Wildman–Crippen LogP) is 2.17. The lowest BCUT2D eigenvalue weighted by atomic mass is 9.95. The summed E-state index contributed by atoms with van der Waals surface area (Å²) in [5.41, 5.74) is 1.06. The first-order chi connectivity index (χ1) is 10.2. The molecule has 1 amide bonds. The van der Waals surface area contributed by atoms with E-state index in [0.29, 0.717) is 12.3 Å². The number of nitrogens with one attached hydrogen (secondary N) is 1. The molecule has 0 unspecified atom stereocenters. The minimum atomic E-state index is -0.300. The summed E-state index contributed by atoms with van der Waals surface area (Å²) in [5, 5.41) is 7.38. The van der Waals surface area contributed by atoms with Gasteiger partial charge in [0.15, 0.2) is 5.69 Å². The van der Waals surface area contributed by atoms with E-state index in [9.17, 15) is 4.79 Å². The van der Waals surface area contributed by atoms with Crippen molar-refractivity contribution in [1.82, 2.24) is 15.1 Å². The van der Waals surface area contributed by atoms with E-state index >= 15 is 0 Å². The van der Waals surface area contributed by atoms with Gasteiger partial charge in [0, 0.05) is 12.8 Å². The van der Waals surface area contributed by atoms with Crippen molar-refractivity contribution in [3.8, 4) is 5.69 Å². The normalized spacial score (nSPS) is 22.0. The minimum absolute atomic E-state index is 0.155. The number of hydrogen-bond acceptors (Lipinski definition) is 3. The molecule has 110 valence electrons.